The molecule has 0 aromatic heterocycles. The zero-order chi connectivity index (χ0) is 13.5. The van der Waals surface area contributed by atoms with Crippen molar-refractivity contribution in [2.75, 3.05) is 6.61 Å². The lowest BCUT2D eigenvalue weighted by atomic mass is 10.2. The van der Waals surface area contributed by atoms with Crippen molar-refractivity contribution in [3.8, 4) is 5.75 Å². The third-order valence-corrected chi connectivity index (χ3v) is 2.21. The lowest BCUT2D eigenvalue weighted by molar-refractivity contribution is -0.119. The van der Waals surface area contributed by atoms with Crippen molar-refractivity contribution in [3.05, 3.63) is 28.2 Å². The maximum Gasteiger partial charge on any atom is 0.332 e. The van der Waals surface area contributed by atoms with Gasteiger partial charge in [0.15, 0.2) is 6.61 Å². The Bertz CT molecular complexity index is 490. The van der Waals surface area contributed by atoms with Gasteiger partial charge in [0, 0.05) is 10.0 Å². The molecule has 0 saturated heterocycles. The van der Waals surface area contributed by atoms with Gasteiger partial charge in [0.25, 0.3) is 5.91 Å². The maximum atomic E-state index is 10.6. The molecule has 0 heterocycles. The van der Waals surface area contributed by atoms with Gasteiger partial charge in [-0.3, -0.25) is 4.79 Å². The first-order valence-corrected chi connectivity index (χ1v) is 5.57. The van der Waals surface area contributed by atoms with Crippen LogP contribution >= 0.6 is 15.9 Å². The number of nitrogens with two attached hydrogens (primary N) is 2. The number of benzene rings is 1. The summed E-state index contributed by atoms with van der Waals surface area (Å²) in [5.74, 6) is -0.178. The van der Waals surface area contributed by atoms with E-state index in [1.54, 1.807) is 18.2 Å². The Morgan fingerprint density at radius 1 is 1.44 bits per heavy atom. The summed E-state index contributed by atoms with van der Waals surface area (Å²) in [4.78, 5) is 21.1. The van der Waals surface area contributed by atoms with Crippen molar-refractivity contribution in [2.45, 2.75) is 0 Å². The largest absolute Gasteiger partial charge is 0.483 e. The average molecular weight is 315 g/mol. The van der Waals surface area contributed by atoms with E-state index < -0.39 is 11.9 Å². The highest BCUT2D eigenvalue weighted by Gasteiger charge is 2.04. The van der Waals surface area contributed by atoms with Crippen LogP contribution in [-0.4, -0.2) is 24.8 Å². The lowest BCUT2D eigenvalue weighted by Crippen LogP contribution is -2.24. The zero-order valence-electron chi connectivity index (χ0n) is 9.22. The third-order valence-electron chi connectivity index (χ3n) is 1.72. The van der Waals surface area contributed by atoms with E-state index in [4.69, 9.17) is 16.2 Å². The van der Waals surface area contributed by atoms with Crippen molar-refractivity contribution < 1.29 is 14.3 Å². The summed E-state index contributed by atoms with van der Waals surface area (Å²) in [5.41, 5.74) is 12.4. The Kier molecular flexibility index (Phi) is 5.12. The molecule has 96 valence electrons. The molecule has 1 aromatic rings. The monoisotopic (exact) mass is 314 g/mol. The summed E-state index contributed by atoms with van der Waals surface area (Å²) in [6.45, 7) is -0.244. The minimum absolute atomic E-state index is 0.244. The Morgan fingerprint density at radius 3 is 2.78 bits per heavy atom. The number of urea groups is 1. The van der Waals surface area contributed by atoms with Gasteiger partial charge < -0.3 is 16.2 Å². The van der Waals surface area contributed by atoms with Gasteiger partial charge >= 0.3 is 6.03 Å². The smallest absolute Gasteiger partial charge is 0.332 e. The van der Waals surface area contributed by atoms with E-state index in [0.717, 1.165) is 4.47 Å². The molecular formula is C10H11BrN4O3. The number of hydrazone groups is 1. The lowest BCUT2D eigenvalue weighted by Gasteiger charge is -2.07. The van der Waals surface area contributed by atoms with Crippen LogP contribution in [0.15, 0.2) is 27.8 Å². The summed E-state index contributed by atoms with van der Waals surface area (Å²) in [6, 6.07) is 4.29. The number of primary amides is 2. The molecule has 0 aliphatic heterocycles. The molecule has 0 bridgehead atoms. The van der Waals surface area contributed by atoms with Crippen molar-refractivity contribution in [3.63, 3.8) is 0 Å². The van der Waals surface area contributed by atoms with Gasteiger partial charge in [0.05, 0.1) is 6.21 Å². The molecule has 7 nitrogen and oxygen atoms in total. The number of halogens is 1. The van der Waals surface area contributed by atoms with Crippen molar-refractivity contribution >= 4 is 34.1 Å². The second kappa shape index (κ2) is 6.60. The van der Waals surface area contributed by atoms with Crippen molar-refractivity contribution in [1.82, 2.24) is 5.43 Å². The first kappa shape index (κ1) is 14.0. The van der Waals surface area contributed by atoms with E-state index >= 15 is 0 Å². The Morgan fingerprint density at radius 2 is 2.17 bits per heavy atom. The third kappa shape index (κ3) is 4.83. The Balaban J connectivity index is 2.85. The highest BCUT2D eigenvalue weighted by atomic mass is 79.9. The summed E-state index contributed by atoms with van der Waals surface area (Å²) in [7, 11) is 0. The second-order valence-corrected chi connectivity index (χ2v) is 4.09. The molecule has 1 rings (SSSR count). The SMILES string of the molecule is NC(=O)COc1ccc(Br)cc1C=NNC(N)=O. The zero-order valence-corrected chi connectivity index (χ0v) is 10.8. The first-order valence-electron chi connectivity index (χ1n) is 4.78. The molecule has 0 fully saturated rings. The van der Waals surface area contributed by atoms with Gasteiger partial charge in [-0.1, -0.05) is 15.9 Å². The molecule has 0 radical (unpaired) electrons. The molecule has 0 unspecified atom stereocenters. The second-order valence-electron chi connectivity index (χ2n) is 3.17. The van der Waals surface area contributed by atoms with Gasteiger partial charge in [-0.15, -0.1) is 0 Å². The standard InChI is InChI=1S/C10H11BrN4O3/c11-7-1-2-8(18-5-9(12)16)6(3-7)4-14-15-10(13)17/h1-4H,5H2,(H2,12,16)(H3,13,15,17). The van der Waals surface area contributed by atoms with E-state index in [9.17, 15) is 9.59 Å². The van der Waals surface area contributed by atoms with Gasteiger partial charge in [-0.05, 0) is 18.2 Å². The van der Waals surface area contributed by atoms with Crippen LogP contribution in [0.5, 0.6) is 5.75 Å². The van der Waals surface area contributed by atoms with Gasteiger partial charge in [0.1, 0.15) is 5.75 Å². The number of nitrogens with zero attached hydrogens (tertiary/aromatic N) is 1. The number of amides is 3. The van der Waals surface area contributed by atoms with Crippen LogP contribution in [0.4, 0.5) is 4.79 Å². The molecule has 18 heavy (non-hydrogen) atoms. The number of hydrogen-bond acceptors (Lipinski definition) is 4. The number of carbonyl (C=O) groups excluding carboxylic acids is 2. The number of ether oxygens (including phenoxy) is 1. The van der Waals surface area contributed by atoms with Gasteiger partial charge in [0.2, 0.25) is 0 Å². The van der Waals surface area contributed by atoms with Gasteiger partial charge in [-0.2, -0.15) is 5.10 Å². The number of nitrogens with one attached hydrogen (secondary N) is 1. The van der Waals surface area contributed by atoms with Crippen molar-refractivity contribution in [2.24, 2.45) is 16.6 Å². The topological polar surface area (TPSA) is 120 Å². The van der Waals surface area contributed by atoms with Crippen LogP contribution in [-0.2, 0) is 4.79 Å². The predicted molar refractivity (Wildman–Crippen MR) is 69.1 cm³/mol. The van der Waals surface area contributed by atoms with Crippen molar-refractivity contribution in [1.29, 1.82) is 0 Å². The molecule has 0 aliphatic rings. The van der Waals surface area contributed by atoms with E-state index in [1.165, 1.54) is 6.21 Å². The minimum atomic E-state index is -0.777. The fourth-order valence-corrected chi connectivity index (χ4v) is 1.44. The van der Waals surface area contributed by atoms with E-state index in [2.05, 4.69) is 26.5 Å². The molecule has 0 saturated carbocycles. The quantitative estimate of drug-likeness (QED) is 0.536. The number of hydrogen-bond donors (Lipinski definition) is 3. The minimum Gasteiger partial charge on any atom is -0.483 e. The summed E-state index contributed by atoms with van der Waals surface area (Å²) >= 11 is 3.28. The summed E-state index contributed by atoms with van der Waals surface area (Å²) < 4.78 is 5.97. The van der Waals surface area contributed by atoms with Crippen LogP contribution in [0, 0.1) is 0 Å². The molecule has 0 spiro atoms. The van der Waals surface area contributed by atoms with Crippen LogP contribution < -0.4 is 21.6 Å². The molecular weight excluding hydrogens is 304 g/mol. The molecule has 8 heteroatoms. The van der Waals surface area contributed by atoms with Crippen LogP contribution in [0.2, 0.25) is 0 Å². The number of rotatable bonds is 5. The molecule has 0 aliphatic carbocycles. The highest BCUT2D eigenvalue weighted by molar-refractivity contribution is 9.10. The van der Waals surface area contributed by atoms with Crippen LogP contribution in [0.1, 0.15) is 5.56 Å². The van der Waals surface area contributed by atoms with Crippen LogP contribution in [0.3, 0.4) is 0 Å². The molecule has 3 amide bonds. The normalized spacial score (nSPS) is 10.3. The molecule has 1 aromatic carbocycles. The first-order chi connectivity index (χ1) is 8.49. The van der Waals surface area contributed by atoms with E-state index in [-0.39, 0.29) is 6.61 Å². The van der Waals surface area contributed by atoms with E-state index in [0.29, 0.717) is 11.3 Å². The summed E-state index contributed by atoms with van der Waals surface area (Å²) in [5, 5.41) is 3.60. The fraction of sp³-hybridized carbons (Fsp3) is 0.100. The molecule has 5 N–H and O–H groups in total. The van der Waals surface area contributed by atoms with Crippen LogP contribution in [0.25, 0.3) is 0 Å². The predicted octanol–water partition coefficient (Wildman–Crippen LogP) is 0.315. The number of carbonyl (C=O) groups is 2. The Hall–Kier alpha value is -2.09. The van der Waals surface area contributed by atoms with Gasteiger partial charge in [-0.25, -0.2) is 10.2 Å². The van der Waals surface area contributed by atoms with E-state index in [1.807, 2.05) is 0 Å². The Labute approximate surface area is 111 Å². The highest BCUT2D eigenvalue weighted by Crippen LogP contribution is 2.21. The summed E-state index contributed by atoms with van der Waals surface area (Å²) in [6.07, 6.45) is 1.34. The maximum absolute atomic E-state index is 10.6. The fourth-order valence-electron chi connectivity index (χ4n) is 1.07. The molecule has 0 atom stereocenters. The average Bonchev–Trinajstić information content (AvgIpc) is 2.27.